The molecule has 0 spiro atoms. The summed E-state index contributed by atoms with van der Waals surface area (Å²) in [7, 11) is 0. The molecule has 0 unspecified atom stereocenters. The van der Waals surface area contributed by atoms with Gasteiger partial charge in [-0.3, -0.25) is 5.32 Å². The lowest BCUT2D eigenvalue weighted by atomic mass is 10.1. The van der Waals surface area contributed by atoms with Gasteiger partial charge in [0.1, 0.15) is 11.4 Å². The zero-order valence-electron chi connectivity index (χ0n) is 11.3. The van der Waals surface area contributed by atoms with E-state index in [9.17, 15) is 9.90 Å². The second-order valence-corrected chi connectivity index (χ2v) is 5.19. The number of aromatic hydroxyl groups is 1. The lowest BCUT2D eigenvalue weighted by Gasteiger charge is -2.21. The Kier molecular flexibility index (Phi) is 4.74. The standard InChI is InChI=1S/C13H20N2O4/c1-13(2,3)19-12(18)15-11-5-4-8(17)6-9(11)10(14)7-16/h4-6,10,16-17H,7,14H2,1-3H3,(H,15,18)/t10-/m1/s1. The number of anilines is 1. The number of rotatable bonds is 3. The van der Waals surface area contributed by atoms with Crippen LogP contribution in [0.5, 0.6) is 5.75 Å². The van der Waals surface area contributed by atoms with E-state index in [4.69, 9.17) is 15.6 Å². The third kappa shape index (κ3) is 4.76. The van der Waals surface area contributed by atoms with Crippen LogP contribution in [0.15, 0.2) is 18.2 Å². The number of hydrogen-bond donors (Lipinski definition) is 4. The van der Waals surface area contributed by atoms with Gasteiger partial charge in [0.05, 0.1) is 12.6 Å². The number of carbonyl (C=O) groups excluding carboxylic acids is 1. The Labute approximate surface area is 112 Å². The quantitative estimate of drug-likeness (QED) is 0.625. The largest absolute Gasteiger partial charge is 0.508 e. The summed E-state index contributed by atoms with van der Waals surface area (Å²) >= 11 is 0. The van der Waals surface area contributed by atoms with Crippen LogP contribution in [0.4, 0.5) is 10.5 Å². The fourth-order valence-electron chi connectivity index (χ4n) is 1.48. The first kappa shape index (κ1) is 15.3. The third-order valence-corrected chi connectivity index (χ3v) is 2.27. The lowest BCUT2D eigenvalue weighted by molar-refractivity contribution is 0.0635. The van der Waals surface area contributed by atoms with Gasteiger partial charge in [0, 0.05) is 5.69 Å². The van der Waals surface area contributed by atoms with Crippen LogP contribution < -0.4 is 11.1 Å². The van der Waals surface area contributed by atoms with E-state index in [1.807, 2.05) is 0 Å². The second kappa shape index (κ2) is 5.90. The summed E-state index contributed by atoms with van der Waals surface area (Å²) in [5.74, 6) is 0.00800. The van der Waals surface area contributed by atoms with Crippen LogP contribution >= 0.6 is 0 Å². The van der Waals surface area contributed by atoms with Crippen molar-refractivity contribution in [3.05, 3.63) is 23.8 Å². The molecule has 106 valence electrons. The first-order valence-electron chi connectivity index (χ1n) is 5.92. The lowest BCUT2D eigenvalue weighted by Crippen LogP contribution is -2.28. The van der Waals surface area contributed by atoms with E-state index in [0.29, 0.717) is 11.3 Å². The number of nitrogens with two attached hydrogens (primary N) is 1. The monoisotopic (exact) mass is 268 g/mol. The molecule has 0 aromatic heterocycles. The number of carbonyl (C=O) groups is 1. The van der Waals surface area contributed by atoms with Gasteiger partial charge in [0.2, 0.25) is 0 Å². The Morgan fingerprint density at radius 2 is 2.11 bits per heavy atom. The molecule has 0 aliphatic rings. The van der Waals surface area contributed by atoms with E-state index >= 15 is 0 Å². The average Bonchev–Trinajstić information content (AvgIpc) is 2.28. The molecule has 1 rings (SSSR count). The van der Waals surface area contributed by atoms with Gasteiger partial charge in [-0.2, -0.15) is 0 Å². The van der Waals surface area contributed by atoms with Crippen LogP contribution in [0, 0.1) is 0 Å². The molecule has 0 bridgehead atoms. The number of phenols is 1. The summed E-state index contributed by atoms with van der Waals surface area (Å²) in [6, 6.07) is 3.62. The number of hydrogen-bond acceptors (Lipinski definition) is 5. The zero-order chi connectivity index (χ0) is 14.6. The third-order valence-electron chi connectivity index (χ3n) is 2.27. The smallest absolute Gasteiger partial charge is 0.412 e. The first-order valence-corrected chi connectivity index (χ1v) is 5.92. The van der Waals surface area contributed by atoms with Gasteiger partial charge in [-0.15, -0.1) is 0 Å². The molecule has 5 N–H and O–H groups in total. The fraction of sp³-hybridized carbons (Fsp3) is 0.462. The van der Waals surface area contributed by atoms with Crippen LogP contribution in [-0.2, 0) is 4.74 Å². The van der Waals surface area contributed by atoms with Crippen molar-refractivity contribution in [3.8, 4) is 5.75 Å². The molecule has 0 fully saturated rings. The molecule has 0 saturated heterocycles. The van der Waals surface area contributed by atoms with Crippen LogP contribution in [0.3, 0.4) is 0 Å². The van der Waals surface area contributed by atoms with Crippen LogP contribution in [0.1, 0.15) is 32.4 Å². The molecule has 6 nitrogen and oxygen atoms in total. The number of aliphatic hydroxyl groups is 1. The van der Waals surface area contributed by atoms with Crippen LogP contribution in [0.25, 0.3) is 0 Å². The molecule has 19 heavy (non-hydrogen) atoms. The van der Waals surface area contributed by atoms with Gasteiger partial charge in [-0.05, 0) is 44.5 Å². The Bertz CT molecular complexity index is 454. The van der Waals surface area contributed by atoms with E-state index in [-0.39, 0.29) is 12.4 Å². The number of ether oxygens (including phenoxy) is 1. The highest BCUT2D eigenvalue weighted by atomic mass is 16.6. The highest BCUT2D eigenvalue weighted by Gasteiger charge is 2.18. The second-order valence-electron chi connectivity index (χ2n) is 5.19. The van der Waals surface area contributed by atoms with Gasteiger partial charge in [-0.25, -0.2) is 4.79 Å². The summed E-state index contributed by atoms with van der Waals surface area (Å²) < 4.78 is 5.12. The van der Waals surface area contributed by atoms with Crippen molar-refractivity contribution >= 4 is 11.8 Å². The van der Waals surface area contributed by atoms with E-state index < -0.39 is 17.7 Å². The highest BCUT2D eigenvalue weighted by Crippen LogP contribution is 2.26. The molecular weight excluding hydrogens is 248 g/mol. The van der Waals surface area contributed by atoms with Gasteiger partial charge >= 0.3 is 6.09 Å². The highest BCUT2D eigenvalue weighted by molar-refractivity contribution is 5.86. The van der Waals surface area contributed by atoms with Crippen molar-refractivity contribution < 1.29 is 19.7 Å². The molecule has 6 heteroatoms. The molecule has 1 atom stereocenters. The SMILES string of the molecule is CC(C)(C)OC(=O)Nc1ccc(O)cc1[C@H](N)CO. The molecular formula is C13H20N2O4. The van der Waals surface area contributed by atoms with E-state index in [1.165, 1.54) is 18.2 Å². The normalized spacial score (nSPS) is 12.9. The summed E-state index contributed by atoms with van der Waals surface area (Å²) in [5, 5.41) is 21.0. The number of nitrogens with one attached hydrogen (secondary N) is 1. The van der Waals surface area contributed by atoms with Crippen molar-refractivity contribution in [1.29, 1.82) is 0 Å². The predicted molar refractivity (Wildman–Crippen MR) is 72.0 cm³/mol. The molecule has 0 saturated carbocycles. The van der Waals surface area contributed by atoms with E-state index in [0.717, 1.165) is 0 Å². The van der Waals surface area contributed by atoms with Gasteiger partial charge in [-0.1, -0.05) is 0 Å². The summed E-state index contributed by atoms with van der Waals surface area (Å²) in [6.45, 7) is 4.96. The van der Waals surface area contributed by atoms with Crippen molar-refractivity contribution in [3.63, 3.8) is 0 Å². The Morgan fingerprint density at radius 3 is 2.63 bits per heavy atom. The molecule has 1 aromatic carbocycles. The fourth-order valence-corrected chi connectivity index (χ4v) is 1.48. The summed E-state index contributed by atoms with van der Waals surface area (Å²) in [6.07, 6.45) is -0.621. The predicted octanol–water partition coefficient (Wildman–Crippen LogP) is 1.73. The Balaban J connectivity index is 2.91. The summed E-state index contributed by atoms with van der Waals surface area (Å²) in [4.78, 5) is 11.7. The molecule has 1 amide bonds. The zero-order valence-corrected chi connectivity index (χ0v) is 11.3. The molecule has 0 radical (unpaired) electrons. The van der Waals surface area contributed by atoms with Crippen molar-refractivity contribution in [2.75, 3.05) is 11.9 Å². The van der Waals surface area contributed by atoms with Crippen molar-refractivity contribution in [2.45, 2.75) is 32.4 Å². The summed E-state index contributed by atoms with van der Waals surface area (Å²) in [5.41, 5.74) is 5.94. The number of phenolic OH excluding ortho intramolecular Hbond substituents is 1. The topological polar surface area (TPSA) is 105 Å². The minimum Gasteiger partial charge on any atom is -0.508 e. The maximum absolute atomic E-state index is 11.7. The average molecular weight is 268 g/mol. The molecule has 0 aliphatic carbocycles. The van der Waals surface area contributed by atoms with Crippen LogP contribution in [-0.4, -0.2) is 28.5 Å². The number of amides is 1. The first-order chi connectivity index (χ1) is 8.73. The van der Waals surface area contributed by atoms with Gasteiger partial charge in [0.15, 0.2) is 0 Å². The van der Waals surface area contributed by atoms with Crippen molar-refractivity contribution in [2.24, 2.45) is 5.73 Å². The maximum Gasteiger partial charge on any atom is 0.412 e. The Hall–Kier alpha value is -1.79. The maximum atomic E-state index is 11.7. The minimum absolute atomic E-state index is 0.00800. The molecule has 0 heterocycles. The minimum atomic E-state index is -0.697. The Morgan fingerprint density at radius 1 is 1.47 bits per heavy atom. The molecule has 1 aromatic rings. The van der Waals surface area contributed by atoms with Gasteiger partial charge in [0.25, 0.3) is 0 Å². The van der Waals surface area contributed by atoms with E-state index in [2.05, 4.69) is 5.32 Å². The van der Waals surface area contributed by atoms with Gasteiger partial charge < -0.3 is 20.7 Å². The van der Waals surface area contributed by atoms with E-state index in [1.54, 1.807) is 20.8 Å². The number of aliphatic hydroxyl groups excluding tert-OH is 1. The van der Waals surface area contributed by atoms with Crippen LogP contribution in [0.2, 0.25) is 0 Å². The molecule has 0 aliphatic heterocycles. The number of benzene rings is 1. The van der Waals surface area contributed by atoms with Crippen molar-refractivity contribution in [1.82, 2.24) is 0 Å².